The average molecular weight is 271 g/mol. The summed E-state index contributed by atoms with van der Waals surface area (Å²) in [6, 6.07) is 3.75. The van der Waals surface area contributed by atoms with Crippen molar-refractivity contribution in [2.24, 2.45) is 0 Å². The van der Waals surface area contributed by atoms with Crippen LogP contribution in [0.5, 0.6) is 0 Å². The van der Waals surface area contributed by atoms with E-state index in [0.29, 0.717) is 5.56 Å². The van der Waals surface area contributed by atoms with Gasteiger partial charge in [-0.3, -0.25) is 0 Å². The van der Waals surface area contributed by atoms with Gasteiger partial charge in [-0.05, 0) is 50.6 Å². The predicted octanol–water partition coefficient (Wildman–Crippen LogP) is 3.54. The summed E-state index contributed by atoms with van der Waals surface area (Å²) in [6.45, 7) is 4.62. The van der Waals surface area contributed by atoms with Gasteiger partial charge < -0.3 is 10.1 Å². The standard InChI is InChI=1S/C14H22FNOS/c1-10-8-14(18-7-5-6-17-4)12(9-13(10)15)11(2)16-3/h8-9,11,16H,5-7H2,1-4H3. The van der Waals surface area contributed by atoms with Crippen molar-refractivity contribution >= 4 is 11.8 Å². The van der Waals surface area contributed by atoms with Crippen LogP contribution in [0.15, 0.2) is 17.0 Å². The van der Waals surface area contributed by atoms with Crippen molar-refractivity contribution in [3.8, 4) is 0 Å². The van der Waals surface area contributed by atoms with E-state index in [1.807, 2.05) is 27.0 Å². The van der Waals surface area contributed by atoms with E-state index in [2.05, 4.69) is 5.32 Å². The lowest BCUT2D eigenvalue weighted by atomic mass is 10.1. The summed E-state index contributed by atoms with van der Waals surface area (Å²) in [4.78, 5) is 1.16. The van der Waals surface area contributed by atoms with Gasteiger partial charge in [0.1, 0.15) is 5.82 Å². The molecule has 2 nitrogen and oxygen atoms in total. The highest BCUT2D eigenvalue weighted by molar-refractivity contribution is 7.99. The number of hydrogen-bond acceptors (Lipinski definition) is 3. The van der Waals surface area contributed by atoms with Gasteiger partial charge in [0, 0.05) is 30.4 Å². The van der Waals surface area contributed by atoms with Crippen LogP contribution in [0.3, 0.4) is 0 Å². The van der Waals surface area contributed by atoms with E-state index >= 15 is 0 Å². The third-order valence-corrected chi connectivity index (χ3v) is 4.10. The summed E-state index contributed by atoms with van der Waals surface area (Å²) < 4.78 is 18.7. The van der Waals surface area contributed by atoms with Crippen LogP contribution in [0.2, 0.25) is 0 Å². The van der Waals surface area contributed by atoms with Crippen LogP contribution < -0.4 is 5.32 Å². The van der Waals surface area contributed by atoms with Gasteiger partial charge in [-0.1, -0.05) is 0 Å². The fourth-order valence-electron chi connectivity index (χ4n) is 1.67. The minimum Gasteiger partial charge on any atom is -0.385 e. The number of benzene rings is 1. The molecule has 4 heteroatoms. The third-order valence-electron chi connectivity index (χ3n) is 2.94. The first kappa shape index (κ1) is 15.5. The SMILES string of the molecule is CNC(C)c1cc(F)c(C)cc1SCCCOC. The fourth-order valence-corrected chi connectivity index (χ4v) is 2.82. The zero-order valence-electron chi connectivity index (χ0n) is 11.5. The Bertz CT molecular complexity index is 384. The normalized spacial score (nSPS) is 12.7. The second-order valence-electron chi connectivity index (χ2n) is 4.34. The molecule has 18 heavy (non-hydrogen) atoms. The molecular weight excluding hydrogens is 249 g/mol. The second kappa shape index (κ2) is 7.77. The van der Waals surface area contributed by atoms with Crippen molar-refractivity contribution in [1.82, 2.24) is 5.32 Å². The number of rotatable bonds is 7. The van der Waals surface area contributed by atoms with Crippen molar-refractivity contribution in [2.45, 2.75) is 31.2 Å². The number of aryl methyl sites for hydroxylation is 1. The molecule has 102 valence electrons. The first-order chi connectivity index (χ1) is 8.60. The van der Waals surface area contributed by atoms with Gasteiger partial charge in [-0.15, -0.1) is 11.8 Å². The van der Waals surface area contributed by atoms with Gasteiger partial charge in [0.15, 0.2) is 0 Å². The highest BCUT2D eigenvalue weighted by Crippen LogP contribution is 2.30. The van der Waals surface area contributed by atoms with Gasteiger partial charge in [0.25, 0.3) is 0 Å². The summed E-state index contributed by atoms with van der Waals surface area (Å²) in [5.41, 5.74) is 1.74. The van der Waals surface area contributed by atoms with E-state index in [1.54, 1.807) is 24.9 Å². The van der Waals surface area contributed by atoms with E-state index in [9.17, 15) is 4.39 Å². The predicted molar refractivity (Wildman–Crippen MR) is 75.8 cm³/mol. The lowest BCUT2D eigenvalue weighted by molar-refractivity contribution is 0.200. The molecule has 0 aromatic heterocycles. The summed E-state index contributed by atoms with van der Waals surface area (Å²) >= 11 is 1.77. The van der Waals surface area contributed by atoms with Gasteiger partial charge in [0.05, 0.1) is 0 Å². The molecule has 0 saturated heterocycles. The number of ether oxygens (including phenoxy) is 1. The smallest absolute Gasteiger partial charge is 0.126 e. The molecule has 1 N–H and O–H groups in total. The molecule has 1 unspecified atom stereocenters. The van der Waals surface area contributed by atoms with Crippen LogP contribution in [0.4, 0.5) is 4.39 Å². The van der Waals surface area contributed by atoms with Crippen molar-refractivity contribution in [2.75, 3.05) is 26.5 Å². The maximum Gasteiger partial charge on any atom is 0.126 e. The lowest BCUT2D eigenvalue weighted by Crippen LogP contribution is -2.14. The molecular formula is C14H22FNOS. The Morgan fingerprint density at radius 3 is 2.78 bits per heavy atom. The van der Waals surface area contributed by atoms with Crippen LogP contribution in [0.1, 0.15) is 30.5 Å². The molecule has 0 saturated carbocycles. The van der Waals surface area contributed by atoms with Crippen molar-refractivity contribution in [1.29, 1.82) is 0 Å². The van der Waals surface area contributed by atoms with Crippen LogP contribution in [-0.4, -0.2) is 26.5 Å². The largest absolute Gasteiger partial charge is 0.385 e. The van der Waals surface area contributed by atoms with Gasteiger partial charge >= 0.3 is 0 Å². The first-order valence-electron chi connectivity index (χ1n) is 6.19. The molecule has 0 heterocycles. The molecule has 0 aliphatic rings. The summed E-state index contributed by atoms with van der Waals surface area (Å²) in [6.07, 6.45) is 1.00. The van der Waals surface area contributed by atoms with Crippen LogP contribution >= 0.6 is 11.8 Å². The van der Waals surface area contributed by atoms with Gasteiger partial charge in [-0.2, -0.15) is 0 Å². The van der Waals surface area contributed by atoms with Crippen molar-refractivity contribution in [3.05, 3.63) is 29.1 Å². The molecule has 0 amide bonds. The second-order valence-corrected chi connectivity index (χ2v) is 5.48. The first-order valence-corrected chi connectivity index (χ1v) is 7.17. The molecule has 1 aromatic rings. The molecule has 0 bridgehead atoms. The lowest BCUT2D eigenvalue weighted by Gasteiger charge is -2.17. The number of halogens is 1. The minimum absolute atomic E-state index is 0.131. The maximum atomic E-state index is 13.6. The molecule has 0 radical (unpaired) electrons. The number of methoxy groups -OCH3 is 1. The molecule has 1 aromatic carbocycles. The number of thioether (sulfide) groups is 1. The topological polar surface area (TPSA) is 21.3 Å². The highest BCUT2D eigenvalue weighted by atomic mass is 32.2. The van der Waals surface area contributed by atoms with E-state index in [1.165, 1.54) is 0 Å². The molecule has 0 spiro atoms. The van der Waals surface area contributed by atoms with E-state index < -0.39 is 0 Å². The molecule has 0 aliphatic carbocycles. The number of hydrogen-bond donors (Lipinski definition) is 1. The van der Waals surface area contributed by atoms with Crippen LogP contribution in [0, 0.1) is 12.7 Å². The molecule has 1 rings (SSSR count). The maximum absolute atomic E-state index is 13.6. The fraction of sp³-hybridized carbons (Fsp3) is 0.571. The van der Waals surface area contributed by atoms with Gasteiger partial charge in [-0.25, -0.2) is 4.39 Å². The molecule has 0 aliphatic heterocycles. The van der Waals surface area contributed by atoms with E-state index in [-0.39, 0.29) is 11.9 Å². The zero-order chi connectivity index (χ0) is 13.5. The van der Waals surface area contributed by atoms with E-state index in [4.69, 9.17) is 4.74 Å². The average Bonchev–Trinajstić information content (AvgIpc) is 2.37. The Kier molecular flexibility index (Phi) is 6.68. The Morgan fingerprint density at radius 2 is 2.17 bits per heavy atom. The summed E-state index contributed by atoms with van der Waals surface area (Å²) in [7, 11) is 3.60. The monoisotopic (exact) mass is 271 g/mol. The van der Waals surface area contributed by atoms with Crippen LogP contribution in [-0.2, 0) is 4.74 Å². The van der Waals surface area contributed by atoms with Crippen molar-refractivity contribution in [3.63, 3.8) is 0 Å². The third kappa shape index (κ3) is 4.26. The van der Waals surface area contributed by atoms with Crippen molar-refractivity contribution < 1.29 is 9.13 Å². The Labute approximate surface area is 113 Å². The summed E-state index contributed by atoms with van der Waals surface area (Å²) in [5.74, 6) is 0.857. The van der Waals surface area contributed by atoms with E-state index in [0.717, 1.165) is 29.2 Å². The Morgan fingerprint density at radius 1 is 1.44 bits per heavy atom. The highest BCUT2D eigenvalue weighted by Gasteiger charge is 2.12. The zero-order valence-corrected chi connectivity index (χ0v) is 12.4. The Hall–Kier alpha value is -0.580. The number of nitrogens with one attached hydrogen (secondary N) is 1. The van der Waals surface area contributed by atoms with Crippen LogP contribution in [0.25, 0.3) is 0 Å². The summed E-state index contributed by atoms with van der Waals surface area (Å²) in [5, 5.41) is 3.17. The Balaban J connectivity index is 2.83. The molecule has 1 atom stereocenters. The minimum atomic E-state index is -0.131. The molecule has 0 fully saturated rings. The van der Waals surface area contributed by atoms with Gasteiger partial charge in [0.2, 0.25) is 0 Å². The quantitative estimate of drug-likeness (QED) is 0.605.